The summed E-state index contributed by atoms with van der Waals surface area (Å²) in [7, 11) is -1.30. The lowest BCUT2D eigenvalue weighted by Crippen LogP contribution is -2.33. The molecule has 0 aliphatic carbocycles. The molecule has 1 unspecified atom stereocenters. The number of anilines is 2. The summed E-state index contributed by atoms with van der Waals surface area (Å²) >= 11 is 5.70. The summed E-state index contributed by atoms with van der Waals surface area (Å²) < 4.78 is 36.5. The Morgan fingerprint density at radius 2 is 2.12 bits per heavy atom. The van der Waals surface area contributed by atoms with E-state index in [1.807, 2.05) is 0 Å². The molecule has 3 rings (SSSR count). The van der Waals surface area contributed by atoms with Gasteiger partial charge in [0.05, 0.1) is 16.5 Å². The van der Waals surface area contributed by atoms with Crippen LogP contribution in [-0.2, 0) is 9.84 Å². The van der Waals surface area contributed by atoms with Gasteiger partial charge in [0.2, 0.25) is 0 Å². The number of carbonyl (C=O) groups excluding carboxylic acids is 1. The zero-order valence-electron chi connectivity index (χ0n) is 13.8. The summed E-state index contributed by atoms with van der Waals surface area (Å²) in [6, 6.07) is 5.12. The third-order valence-electron chi connectivity index (χ3n) is 4.18. The number of rotatable bonds is 4. The zero-order chi connectivity index (χ0) is 18.9. The molecule has 1 aliphatic heterocycles. The molecule has 1 aromatic heterocycles. The maximum atomic E-state index is 13.2. The van der Waals surface area contributed by atoms with Crippen molar-refractivity contribution < 1.29 is 17.6 Å². The molecule has 1 fully saturated rings. The summed E-state index contributed by atoms with van der Waals surface area (Å²) in [4.78, 5) is 22.1. The Labute approximate surface area is 155 Å². The average molecular weight is 399 g/mol. The molecule has 0 spiro atoms. The van der Waals surface area contributed by atoms with Crippen molar-refractivity contribution in [1.82, 2.24) is 9.97 Å². The molecular formula is C16H16ClFN4O3S. The highest BCUT2D eigenvalue weighted by atomic mass is 35.5. The van der Waals surface area contributed by atoms with Gasteiger partial charge in [-0.25, -0.2) is 22.8 Å². The summed E-state index contributed by atoms with van der Waals surface area (Å²) in [5.74, 6) is -0.440. The van der Waals surface area contributed by atoms with E-state index in [9.17, 15) is 17.6 Å². The van der Waals surface area contributed by atoms with Gasteiger partial charge in [-0.3, -0.25) is 4.79 Å². The number of nitrogens with one attached hydrogen (secondary N) is 1. The van der Waals surface area contributed by atoms with Crippen LogP contribution in [0.1, 0.15) is 16.9 Å². The molecule has 1 N–H and O–H groups in total. The number of hydrogen-bond acceptors (Lipinski definition) is 6. The fourth-order valence-corrected chi connectivity index (χ4v) is 4.66. The number of hydrogen-bond donors (Lipinski definition) is 1. The normalized spacial score (nSPS) is 18.5. The van der Waals surface area contributed by atoms with Crippen molar-refractivity contribution >= 4 is 38.9 Å². The minimum atomic E-state index is -3.03. The minimum Gasteiger partial charge on any atom is -0.356 e. The molecule has 10 heteroatoms. The van der Waals surface area contributed by atoms with Crippen molar-refractivity contribution in [1.29, 1.82) is 0 Å². The van der Waals surface area contributed by atoms with E-state index < -0.39 is 21.6 Å². The maximum absolute atomic E-state index is 13.2. The standard InChI is InChI=1S/C16H16ClFN4O3S/c1-22(11-4-5-26(24,25)8-11)15-7-14(19-9-20-15)16(23)21-10-2-3-13(18)12(17)6-10/h2-3,6-7,9,11H,4-5,8H2,1H3,(H,21,23). The van der Waals surface area contributed by atoms with Crippen LogP contribution in [-0.4, -0.2) is 48.9 Å². The fourth-order valence-electron chi connectivity index (χ4n) is 2.70. The van der Waals surface area contributed by atoms with Crippen LogP contribution < -0.4 is 10.2 Å². The van der Waals surface area contributed by atoms with Gasteiger partial charge in [-0.05, 0) is 24.6 Å². The number of benzene rings is 1. The highest BCUT2D eigenvalue weighted by molar-refractivity contribution is 7.91. The van der Waals surface area contributed by atoms with Gasteiger partial charge >= 0.3 is 0 Å². The number of amides is 1. The van der Waals surface area contributed by atoms with Crippen LogP contribution in [0.5, 0.6) is 0 Å². The van der Waals surface area contributed by atoms with Gasteiger partial charge in [0.25, 0.3) is 5.91 Å². The number of nitrogens with zero attached hydrogens (tertiary/aromatic N) is 3. The monoisotopic (exact) mass is 398 g/mol. The molecule has 138 valence electrons. The van der Waals surface area contributed by atoms with Crippen LogP contribution in [0.3, 0.4) is 0 Å². The first-order valence-corrected chi connectivity index (χ1v) is 9.97. The second-order valence-corrected chi connectivity index (χ2v) is 8.65. The number of aromatic nitrogens is 2. The van der Waals surface area contributed by atoms with Gasteiger partial charge in [0, 0.05) is 24.8 Å². The Morgan fingerprint density at radius 1 is 1.35 bits per heavy atom. The van der Waals surface area contributed by atoms with E-state index in [0.29, 0.717) is 17.9 Å². The van der Waals surface area contributed by atoms with E-state index in [2.05, 4.69) is 15.3 Å². The topological polar surface area (TPSA) is 92.3 Å². The van der Waals surface area contributed by atoms with E-state index in [1.165, 1.54) is 24.5 Å². The molecule has 0 saturated carbocycles. The van der Waals surface area contributed by atoms with E-state index in [0.717, 1.165) is 6.07 Å². The number of sulfone groups is 1. The Bertz CT molecular complexity index is 954. The quantitative estimate of drug-likeness (QED) is 0.848. The van der Waals surface area contributed by atoms with Crippen molar-refractivity contribution in [3.63, 3.8) is 0 Å². The van der Waals surface area contributed by atoms with Crippen LogP contribution in [0.2, 0.25) is 5.02 Å². The van der Waals surface area contributed by atoms with Crippen molar-refractivity contribution in [2.45, 2.75) is 12.5 Å². The second-order valence-electron chi connectivity index (χ2n) is 6.01. The van der Waals surface area contributed by atoms with Crippen molar-refractivity contribution in [3.8, 4) is 0 Å². The van der Waals surface area contributed by atoms with Gasteiger partial charge < -0.3 is 10.2 Å². The summed E-state index contributed by atoms with van der Waals surface area (Å²) in [5.41, 5.74) is 0.431. The SMILES string of the molecule is CN(c1cc(C(=O)Nc2ccc(F)c(Cl)c2)ncn1)C1CCS(=O)(=O)C1. The number of carbonyl (C=O) groups is 1. The Kier molecular flexibility index (Phi) is 5.10. The van der Waals surface area contributed by atoms with Crippen LogP contribution in [0.4, 0.5) is 15.9 Å². The lowest BCUT2D eigenvalue weighted by atomic mass is 10.2. The van der Waals surface area contributed by atoms with Gasteiger partial charge in [-0.1, -0.05) is 11.6 Å². The first kappa shape index (κ1) is 18.5. The molecule has 0 radical (unpaired) electrons. The van der Waals surface area contributed by atoms with E-state index in [4.69, 9.17) is 11.6 Å². The molecule has 1 saturated heterocycles. The lowest BCUT2D eigenvalue weighted by Gasteiger charge is -2.24. The maximum Gasteiger partial charge on any atom is 0.274 e. The molecule has 7 nitrogen and oxygen atoms in total. The summed E-state index contributed by atoms with van der Waals surface area (Å²) in [6.07, 6.45) is 1.75. The van der Waals surface area contributed by atoms with Crippen molar-refractivity contribution in [2.75, 3.05) is 28.8 Å². The van der Waals surface area contributed by atoms with Crippen LogP contribution in [0.15, 0.2) is 30.6 Å². The van der Waals surface area contributed by atoms with Crippen LogP contribution >= 0.6 is 11.6 Å². The highest BCUT2D eigenvalue weighted by Crippen LogP contribution is 2.22. The van der Waals surface area contributed by atoms with Crippen LogP contribution in [0.25, 0.3) is 0 Å². The zero-order valence-corrected chi connectivity index (χ0v) is 15.4. The molecule has 2 heterocycles. The predicted octanol–water partition coefficient (Wildman–Crippen LogP) is 2.14. The van der Waals surface area contributed by atoms with Crippen LogP contribution in [0, 0.1) is 5.82 Å². The van der Waals surface area contributed by atoms with E-state index in [1.54, 1.807) is 11.9 Å². The second kappa shape index (κ2) is 7.16. The predicted molar refractivity (Wildman–Crippen MR) is 96.9 cm³/mol. The largest absolute Gasteiger partial charge is 0.356 e. The van der Waals surface area contributed by atoms with Gasteiger partial charge in [-0.15, -0.1) is 0 Å². The van der Waals surface area contributed by atoms with Crippen molar-refractivity contribution in [2.24, 2.45) is 0 Å². The fraction of sp³-hybridized carbons (Fsp3) is 0.312. The molecule has 0 bridgehead atoms. The summed E-state index contributed by atoms with van der Waals surface area (Å²) in [6.45, 7) is 0. The van der Waals surface area contributed by atoms with E-state index >= 15 is 0 Å². The molecule has 1 aromatic carbocycles. The minimum absolute atomic E-state index is 0.0586. The highest BCUT2D eigenvalue weighted by Gasteiger charge is 2.31. The van der Waals surface area contributed by atoms with E-state index in [-0.39, 0.29) is 28.3 Å². The number of halogens is 2. The average Bonchev–Trinajstić information content (AvgIpc) is 2.97. The first-order chi connectivity index (χ1) is 12.2. The Balaban J connectivity index is 1.76. The smallest absolute Gasteiger partial charge is 0.274 e. The molecule has 2 aromatic rings. The molecular weight excluding hydrogens is 383 g/mol. The molecule has 1 amide bonds. The Hall–Kier alpha value is -2.26. The molecule has 26 heavy (non-hydrogen) atoms. The third kappa shape index (κ3) is 4.10. The molecule has 1 atom stereocenters. The third-order valence-corrected chi connectivity index (χ3v) is 6.22. The molecule has 1 aliphatic rings. The first-order valence-electron chi connectivity index (χ1n) is 7.77. The summed E-state index contributed by atoms with van der Waals surface area (Å²) in [5, 5.41) is 2.48. The van der Waals surface area contributed by atoms with Crippen molar-refractivity contribution in [3.05, 3.63) is 47.1 Å². The Morgan fingerprint density at radius 3 is 2.77 bits per heavy atom. The van der Waals surface area contributed by atoms with Gasteiger partial charge in [0.15, 0.2) is 9.84 Å². The van der Waals surface area contributed by atoms with Gasteiger partial charge in [0.1, 0.15) is 23.7 Å². The van der Waals surface area contributed by atoms with Gasteiger partial charge in [-0.2, -0.15) is 0 Å². The lowest BCUT2D eigenvalue weighted by molar-refractivity contribution is 0.102.